The minimum Gasteiger partial charge on any atom is -0.480 e. The molecule has 2 aliphatic heterocycles. The highest BCUT2D eigenvalue weighted by molar-refractivity contribution is 7.11. The molecule has 3 heterocycles. The fourth-order valence-electron chi connectivity index (χ4n) is 3.37. The lowest BCUT2D eigenvalue weighted by Gasteiger charge is -2.25. The summed E-state index contributed by atoms with van der Waals surface area (Å²) in [4.78, 5) is 18.6. The van der Waals surface area contributed by atoms with Gasteiger partial charge in [0.05, 0.1) is 0 Å². The Hall–Kier alpha value is -0.950. The molecule has 22 heavy (non-hydrogen) atoms. The number of piperidine rings is 1. The third-order valence-electron chi connectivity index (χ3n) is 4.73. The average Bonchev–Trinajstić information content (AvgIpc) is 3.08. The molecule has 0 radical (unpaired) electrons. The Labute approximate surface area is 135 Å². The molecule has 0 unspecified atom stereocenters. The van der Waals surface area contributed by atoms with Gasteiger partial charge < -0.3 is 10.8 Å². The topological polar surface area (TPSA) is 69.8 Å². The fourth-order valence-corrected chi connectivity index (χ4v) is 4.48. The summed E-state index contributed by atoms with van der Waals surface area (Å²) in [5.41, 5.74) is 4.87. The van der Waals surface area contributed by atoms with Crippen LogP contribution < -0.4 is 5.73 Å². The number of carboxylic acid groups (broad SMARTS) is 1. The van der Waals surface area contributed by atoms with Crippen molar-refractivity contribution in [3.63, 3.8) is 0 Å². The maximum Gasteiger partial charge on any atom is 0.325 e. The predicted molar refractivity (Wildman–Crippen MR) is 87.9 cm³/mol. The molecule has 2 saturated heterocycles. The van der Waals surface area contributed by atoms with Crippen LogP contribution in [0, 0.1) is 0 Å². The van der Waals surface area contributed by atoms with E-state index >= 15 is 0 Å². The van der Waals surface area contributed by atoms with Gasteiger partial charge in [-0.05, 0) is 44.5 Å². The van der Waals surface area contributed by atoms with Crippen LogP contribution in [0.5, 0.6) is 0 Å². The van der Waals surface area contributed by atoms with E-state index in [0.717, 1.165) is 19.6 Å². The highest BCUT2D eigenvalue weighted by Crippen LogP contribution is 2.25. The Kier molecular flexibility index (Phi) is 4.82. The highest BCUT2D eigenvalue weighted by Gasteiger charge is 2.41. The van der Waals surface area contributed by atoms with Crippen molar-refractivity contribution in [3.8, 4) is 0 Å². The van der Waals surface area contributed by atoms with E-state index < -0.39 is 11.5 Å². The number of carboxylic acids is 1. The van der Waals surface area contributed by atoms with Crippen LogP contribution in [0.3, 0.4) is 0 Å². The number of aliphatic carboxylic acids is 1. The van der Waals surface area contributed by atoms with Crippen LogP contribution in [0.15, 0.2) is 12.1 Å². The van der Waals surface area contributed by atoms with Crippen molar-refractivity contribution in [3.05, 3.63) is 21.9 Å². The monoisotopic (exact) mass is 323 g/mol. The SMILES string of the molecule is N[C@]1(C(=O)O)CCN(Cc2ccc(CN3CCCCC3)s2)C1. The summed E-state index contributed by atoms with van der Waals surface area (Å²) in [5, 5.41) is 9.19. The van der Waals surface area contributed by atoms with Crippen molar-refractivity contribution in [1.82, 2.24) is 9.80 Å². The maximum atomic E-state index is 11.2. The minimum atomic E-state index is -1.06. The second-order valence-electron chi connectivity index (χ2n) is 6.63. The smallest absolute Gasteiger partial charge is 0.325 e. The van der Waals surface area contributed by atoms with E-state index in [1.807, 2.05) is 11.3 Å². The minimum absolute atomic E-state index is 0.446. The number of nitrogens with zero attached hydrogens (tertiary/aromatic N) is 2. The van der Waals surface area contributed by atoms with Gasteiger partial charge in [-0.25, -0.2) is 0 Å². The molecule has 1 aromatic rings. The number of likely N-dealkylation sites (tertiary alicyclic amines) is 2. The summed E-state index contributed by atoms with van der Waals surface area (Å²) in [7, 11) is 0. The number of hydrogen-bond donors (Lipinski definition) is 2. The van der Waals surface area contributed by atoms with Gasteiger partial charge >= 0.3 is 5.97 Å². The third kappa shape index (κ3) is 3.68. The molecule has 0 aromatic carbocycles. The molecule has 0 spiro atoms. The Morgan fingerprint density at radius 1 is 1.14 bits per heavy atom. The quantitative estimate of drug-likeness (QED) is 0.863. The molecule has 2 aliphatic rings. The van der Waals surface area contributed by atoms with Gasteiger partial charge in [0.2, 0.25) is 0 Å². The van der Waals surface area contributed by atoms with E-state index in [4.69, 9.17) is 5.73 Å². The molecule has 0 bridgehead atoms. The van der Waals surface area contributed by atoms with Gasteiger partial charge in [-0.15, -0.1) is 11.3 Å². The van der Waals surface area contributed by atoms with Gasteiger partial charge in [-0.3, -0.25) is 14.6 Å². The summed E-state index contributed by atoms with van der Waals surface area (Å²) in [5.74, 6) is -0.882. The molecule has 1 aromatic heterocycles. The first-order valence-corrected chi connectivity index (χ1v) is 8.91. The molecular formula is C16H25N3O2S. The second kappa shape index (κ2) is 6.66. The van der Waals surface area contributed by atoms with E-state index in [1.165, 1.54) is 42.1 Å². The van der Waals surface area contributed by atoms with Gasteiger partial charge in [0.25, 0.3) is 0 Å². The second-order valence-corrected chi connectivity index (χ2v) is 7.88. The number of nitrogens with two attached hydrogens (primary N) is 1. The first-order chi connectivity index (χ1) is 10.5. The zero-order valence-electron chi connectivity index (χ0n) is 13.0. The first-order valence-electron chi connectivity index (χ1n) is 8.10. The molecule has 0 aliphatic carbocycles. The maximum absolute atomic E-state index is 11.2. The standard InChI is InChI=1S/C16H25N3O2S/c17-16(15(20)21)6-9-19(12-16)11-14-5-4-13(22-14)10-18-7-2-1-3-8-18/h4-5H,1-3,6-12,17H2,(H,20,21)/t16-/m1/s1. The number of hydrogen-bond acceptors (Lipinski definition) is 5. The lowest BCUT2D eigenvalue weighted by molar-refractivity contribution is -0.142. The molecule has 6 heteroatoms. The molecule has 122 valence electrons. The van der Waals surface area contributed by atoms with Crippen molar-refractivity contribution < 1.29 is 9.90 Å². The normalized spacial score (nSPS) is 27.3. The van der Waals surface area contributed by atoms with Gasteiger partial charge in [-0.1, -0.05) is 6.42 Å². The summed E-state index contributed by atoms with van der Waals surface area (Å²) in [6.45, 7) is 5.52. The van der Waals surface area contributed by atoms with E-state index in [0.29, 0.717) is 13.0 Å². The Balaban J connectivity index is 1.53. The van der Waals surface area contributed by atoms with Crippen LogP contribution in [0.1, 0.15) is 35.4 Å². The fraction of sp³-hybridized carbons (Fsp3) is 0.688. The van der Waals surface area contributed by atoms with Crippen molar-refractivity contribution >= 4 is 17.3 Å². The third-order valence-corrected chi connectivity index (χ3v) is 5.79. The predicted octanol–water partition coefficient (Wildman–Crippen LogP) is 1.72. The van der Waals surface area contributed by atoms with Crippen LogP contribution in [-0.2, 0) is 17.9 Å². The van der Waals surface area contributed by atoms with Gasteiger partial charge in [0.1, 0.15) is 5.54 Å². The molecule has 0 amide bonds. The van der Waals surface area contributed by atoms with Gasteiger partial charge in [-0.2, -0.15) is 0 Å². The zero-order chi connectivity index (χ0) is 15.6. The van der Waals surface area contributed by atoms with Crippen molar-refractivity contribution in [2.45, 2.75) is 44.3 Å². The van der Waals surface area contributed by atoms with Crippen LogP contribution in [-0.4, -0.2) is 52.6 Å². The molecule has 2 fully saturated rings. The van der Waals surface area contributed by atoms with Crippen LogP contribution in [0.25, 0.3) is 0 Å². The summed E-state index contributed by atoms with van der Waals surface area (Å²) < 4.78 is 0. The van der Waals surface area contributed by atoms with E-state index in [-0.39, 0.29) is 0 Å². The van der Waals surface area contributed by atoms with E-state index in [1.54, 1.807) is 0 Å². The summed E-state index contributed by atoms with van der Waals surface area (Å²) >= 11 is 1.85. The Morgan fingerprint density at radius 2 is 1.77 bits per heavy atom. The van der Waals surface area contributed by atoms with Crippen LogP contribution >= 0.6 is 11.3 Å². The van der Waals surface area contributed by atoms with Crippen LogP contribution in [0.2, 0.25) is 0 Å². The summed E-state index contributed by atoms with van der Waals surface area (Å²) in [6.07, 6.45) is 4.54. The Morgan fingerprint density at radius 3 is 2.36 bits per heavy atom. The van der Waals surface area contributed by atoms with Gasteiger partial charge in [0, 0.05) is 35.9 Å². The average molecular weight is 323 g/mol. The zero-order valence-corrected chi connectivity index (χ0v) is 13.8. The molecule has 3 N–H and O–H groups in total. The first kappa shape index (κ1) is 15.9. The van der Waals surface area contributed by atoms with E-state index in [2.05, 4.69) is 21.9 Å². The Bertz CT molecular complexity index is 527. The van der Waals surface area contributed by atoms with Gasteiger partial charge in [0.15, 0.2) is 0 Å². The lowest BCUT2D eigenvalue weighted by Crippen LogP contribution is -2.49. The summed E-state index contributed by atoms with van der Waals surface area (Å²) in [6, 6.07) is 4.40. The molecule has 0 saturated carbocycles. The highest BCUT2D eigenvalue weighted by atomic mass is 32.1. The molecular weight excluding hydrogens is 298 g/mol. The molecule has 1 atom stereocenters. The van der Waals surface area contributed by atoms with E-state index in [9.17, 15) is 9.90 Å². The number of carbonyl (C=O) groups is 1. The lowest BCUT2D eigenvalue weighted by atomic mass is 10.0. The molecule has 5 nitrogen and oxygen atoms in total. The van der Waals surface area contributed by atoms with Crippen LogP contribution in [0.4, 0.5) is 0 Å². The van der Waals surface area contributed by atoms with Crippen molar-refractivity contribution in [1.29, 1.82) is 0 Å². The molecule has 3 rings (SSSR count). The van der Waals surface area contributed by atoms with Crippen molar-refractivity contribution in [2.24, 2.45) is 5.73 Å². The number of rotatable bonds is 5. The number of thiophene rings is 1. The van der Waals surface area contributed by atoms with Crippen molar-refractivity contribution in [2.75, 3.05) is 26.2 Å². The largest absolute Gasteiger partial charge is 0.480 e.